The lowest BCUT2D eigenvalue weighted by Gasteiger charge is -2.19. The van der Waals surface area contributed by atoms with Gasteiger partial charge in [-0.15, -0.1) is 0 Å². The zero-order valence-corrected chi connectivity index (χ0v) is 11.4. The molecule has 0 aromatic heterocycles. The third-order valence-electron chi connectivity index (χ3n) is 3.46. The van der Waals surface area contributed by atoms with Crippen molar-refractivity contribution in [1.82, 2.24) is 10.2 Å². The first-order chi connectivity index (χ1) is 7.49. The minimum absolute atomic E-state index is 0.554. The Morgan fingerprint density at radius 1 is 1.38 bits per heavy atom. The molecule has 94 valence electrons. The molecule has 1 unspecified atom stereocenters. The van der Waals surface area contributed by atoms with Crippen LogP contribution in [0.4, 0.5) is 0 Å². The van der Waals surface area contributed by atoms with Crippen LogP contribution < -0.4 is 5.32 Å². The van der Waals surface area contributed by atoms with Crippen LogP contribution in [0, 0.1) is 11.8 Å². The summed E-state index contributed by atoms with van der Waals surface area (Å²) < 4.78 is 0. The highest BCUT2D eigenvalue weighted by atomic mass is 15.1. The summed E-state index contributed by atoms with van der Waals surface area (Å²) in [6.45, 7) is 17.7. The quantitative estimate of drug-likeness (QED) is 0.697. The zero-order chi connectivity index (χ0) is 12.1. The molecule has 1 aliphatic rings. The lowest BCUT2D eigenvalue weighted by atomic mass is 9.95. The average Bonchev–Trinajstić information content (AvgIpc) is 2.63. The van der Waals surface area contributed by atoms with Crippen LogP contribution in [0.5, 0.6) is 0 Å². The zero-order valence-electron chi connectivity index (χ0n) is 11.4. The fourth-order valence-corrected chi connectivity index (χ4v) is 2.27. The Hall–Kier alpha value is -0.340. The van der Waals surface area contributed by atoms with E-state index in [0.717, 1.165) is 24.9 Å². The van der Waals surface area contributed by atoms with Crippen molar-refractivity contribution >= 4 is 0 Å². The smallest absolute Gasteiger partial charge is 0.0202 e. The second kappa shape index (κ2) is 6.41. The molecule has 1 N–H and O–H groups in total. The maximum Gasteiger partial charge on any atom is 0.0202 e. The maximum absolute atomic E-state index is 4.16. The molecule has 0 spiro atoms. The van der Waals surface area contributed by atoms with Crippen LogP contribution in [0.3, 0.4) is 0 Å². The molecule has 0 aliphatic carbocycles. The molecule has 0 bridgehead atoms. The van der Waals surface area contributed by atoms with E-state index in [2.05, 4.69) is 44.5 Å². The van der Waals surface area contributed by atoms with Gasteiger partial charge in [0.2, 0.25) is 0 Å². The summed E-state index contributed by atoms with van der Waals surface area (Å²) in [5, 5.41) is 3.43. The van der Waals surface area contributed by atoms with Crippen LogP contribution in [0.2, 0.25) is 0 Å². The first-order valence-electron chi connectivity index (χ1n) is 6.61. The van der Waals surface area contributed by atoms with Gasteiger partial charge in [-0.25, -0.2) is 0 Å². The number of nitrogens with zero attached hydrogens (tertiary/aromatic N) is 1. The SMILES string of the molecule is C=C(CNC(C)C)CN1CCC(C(C)C)C1. The molecular formula is C14H28N2. The van der Waals surface area contributed by atoms with E-state index >= 15 is 0 Å². The third-order valence-corrected chi connectivity index (χ3v) is 3.46. The molecule has 1 heterocycles. The summed E-state index contributed by atoms with van der Waals surface area (Å²) in [6, 6.07) is 0.554. The molecule has 16 heavy (non-hydrogen) atoms. The van der Waals surface area contributed by atoms with Crippen molar-refractivity contribution in [3.05, 3.63) is 12.2 Å². The van der Waals surface area contributed by atoms with Gasteiger partial charge in [-0.3, -0.25) is 4.90 Å². The van der Waals surface area contributed by atoms with Crippen LogP contribution in [0.1, 0.15) is 34.1 Å². The molecule has 1 atom stereocenters. The number of hydrogen-bond donors (Lipinski definition) is 1. The summed E-state index contributed by atoms with van der Waals surface area (Å²) in [4.78, 5) is 2.55. The monoisotopic (exact) mass is 224 g/mol. The van der Waals surface area contributed by atoms with Crippen LogP contribution >= 0.6 is 0 Å². The van der Waals surface area contributed by atoms with Crippen LogP contribution in [0.25, 0.3) is 0 Å². The number of hydrogen-bond acceptors (Lipinski definition) is 2. The third kappa shape index (κ3) is 4.67. The molecule has 1 rings (SSSR count). The van der Waals surface area contributed by atoms with Crippen molar-refractivity contribution in [2.24, 2.45) is 11.8 Å². The van der Waals surface area contributed by atoms with Gasteiger partial charge >= 0.3 is 0 Å². The van der Waals surface area contributed by atoms with Gasteiger partial charge in [-0.2, -0.15) is 0 Å². The number of likely N-dealkylation sites (tertiary alicyclic amines) is 1. The predicted octanol–water partition coefficient (Wildman–Crippen LogP) is 2.52. The summed E-state index contributed by atoms with van der Waals surface area (Å²) in [6.07, 6.45) is 1.36. The number of nitrogens with one attached hydrogen (secondary N) is 1. The second-order valence-corrected chi connectivity index (χ2v) is 5.81. The van der Waals surface area contributed by atoms with Gasteiger partial charge in [0.1, 0.15) is 0 Å². The highest BCUT2D eigenvalue weighted by Crippen LogP contribution is 2.23. The van der Waals surface area contributed by atoms with Crippen molar-refractivity contribution in [2.45, 2.75) is 40.2 Å². The van der Waals surface area contributed by atoms with Gasteiger partial charge in [-0.05, 0) is 30.4 Å². The van der Waals surface area contributed by atoms with E-state index < -0.39 is 0 Å². The Morgan fingerprint density at radius 2 is 2.06 bits per heavy atom. The topological polar surface area (TPSA) is 15.3 Å². The Morgan fingerprint density at radius 3 is 2.56 bits per heavy atom. The molecule has 1 saturated heterocycles. The second-order valence-electron chi connectivity index (χ2n) is 5.81. The minimum Gasteiger partial charge on any atom is -0.311 e. The molecule has 0 saturated carbocycles. The first kappa shape index (κ1) is 13.7. The minimum atomic E-state index is 0.554. The van der Waals surface area contributed by atoms with Crippen LogP contribution in [-0.4, -0.2) is 37.1 Å². The largest absolute Gasteiger partial charge is 0.311 e. The molecule has 2 heteroatoms. The van der Waals surface area contributed by atoms with Crippen molar-refractivity contribution < 1.29 is 0 Å². The average molecular weight is 224 g/mol. The summed E-state index contributed by atoms with van der Waals surface area (Å²) in [5.74, 6) is 1.72. The highest BCUT2D eigenvalue weighted by molar-refractivity contribution is 5.01. The molecule has 0 radical (unpaired) electrons. The van der Waals surface area contributed by atoms with E-state index in [1.54, 1.807) is 0 Å². The number of rotatable bonds is 6. The van der Waals surface area contributed by atoms with E-state index in [0.29, 0.717) is 6.04 Å². The summed E-state index contributed by atoms with van der Waals surface area (Å²) in [5.41, 5.74) is 1.32. The van der Waals surface area contributed by atoms with E-state index in [9.17, 15) is 0 Å². The van der Waals surface area contributed by atoms with E-state index in [-0.39, 0.29) is 0 Å². The fourth-order valence-electron chi connectivity index (χ4n) is 2.27. The van der Waals surface area contributed by atoms with Gasteiger partial charge in [0.05, 0.1) is 0 Å². The Balaban J connectivity index is 2.21. The van der Waals surface area contributed by atoms with Crippen molar-refractivity contribution in [1.29, 1.82) is 0 Å². The molecule has 0 amide bonds. The Labute approximate surface area is 101 Å². The lowest BCUT2D eigenvalue weighted by molar-refractivity contribution is 0.321. The molecule has 0 aromatic carbocycles. The Bertz CT molecular complexity index is 221. The Kier molecular flexibility index (Phi) is 5.50. The van der Waals surface area contributed by atoms with Crippen molar-refractivity contribution in [3.8, 4) is 0 Å². The molecule has 1 fully saturated rings. The first-order valence-corrected chi connectivity index (χ1v) is 6.61. The van der Waals surface area contributed by atoms with Crippen molar-refractivity contribution in [3.63, 3.8) is 0 Å². The highest BCUT2D eigenvalue weighted by Gasteiger charge is 2.24. The molecular weight excluding hydrogens is 196 g/mol. The predicted molar refractivity (Wildman–Crippen MR) is 71.7 cm³/mol. The molecule has 1 aliphatic heterocycles. The van der Waals surface area contributed by atoms with E-state index in [1.807, 2.05) is 0 Å². The van der Waals surface area contributed by atoms with Crippen LogP contribution in [-0.2, 0) is 0 Å². The summed E-state index contributed by atoms with van der Waals surface area (Å²) >= 11 is 0. The van der Waals surface area contributed by atoms with E-state index in [1.165, 1.54) is 25.1 Å². The lowest BCUT2D eigenvalue weighted by Crippen LogP contribution is -2.30. The standard InChI is InChI=1S/C14H28N2/c1-11(2)14-6-7-16(10-14)9-13(5)8-15-12(3)4/h11-12,14-15H,5-10H2,1-4H3. The van der Waals surface area contributed by atoms with Gasteiger partial charge in [0.25, 0.3) is 0 Å². The van der Waals surface area contributed by atoms with Crippen LogP contribution in [0.15, 0.2) is 12.2 Å². The molecule has 2 nitrogen and oxygen atoms in total. The maximum atomic E-state index is 4.16. The van der Waals surface area contributed by atoms with Gasteiger partial charge in [0, 0.05) is 25.7 Å². The van der Waals surface area contributed by atoms with Crippen molar-refractivity contribution in [2.75, 3.05) is 26.2 Å². The van der Waals surface area contributed by atoms with Gasteiger partial charge < -0.3 is 5.32 Å². The fraction of sp³-hybridized carbons (Fsp3) is 0.857. The van der Waals surface area contributed by atoms with E-state index in [4.69, 9.17) is 0 Å². The normalized spacial score (nSPS) is 22.2. The van der Waals surface area contributed by atoms with Gasteiger partial charge in [0.15, 0.2) is 0 Å². The van der Waals surface area contributed by atoms with Gasteiger partial charge in [-0.1, -0.05) is 34.3 Å². The molecule has 0 aromatic rings. The summed E-state index contributed by atoms with van der Waals surface area (Å²) in [7, 11) is 0.